The highest BCUT2D eigenvalue weighted by Crippen LogP contribution is 2.33. The van der Waals surface area contributed by atoms with Gasteiger partial charge >= 0.3 is 6.03 Å². The zero-order valence-electron chi connectivity index (χ0n) is 14.3. The second-order valence-corrected chi connectivity index (χ2v) is 8.11. The van der Waals surface area contributed by atoms with Crippen molar-refractivity contribution in [3.63, 3.8) is 0 Å². The normalized spacial score (nSPS) is 31.9. The first-order valence-corrected chi connectivity index (χ1v) is 9.86. The third-order valence-electron chi connectivity index (χ3n) is 5.25. The Hall–Kier alpha value is -0.660. The maximum absolute atomic E-state index is 12.3. The van der Waals surface area contributed by atoms with Crippen LogP contribution in [0.5, 0.6) is 0 Å². The number of nitrogens with zero attached hydrogens (tertiary/aromatic N) is 1. The number of unbranched alkanes of at least 4 members (excludes halogenated alkanes) is 1. The van der Waals surface area contributed by atoms with E-state index in [1.54, 1.807) is 0 Å². The van der Waals surface area contributed by atoms with Crippen LogP contribution in [0, 0.1) is 0 Å². The van der Waals surface area contributed by atoms with E-state index in [0.717, 1.165) is 44.5 Å². The fraction of sp³-hybridized carbons (Fsp3) is 0.875. The van der Waals surface area contributed by atoms with Gasteiger partial charge in [-0.1, -0.05) is 6.42 Å². The summed E-state index contributed by atoms with van der Waals surface area (Å²) in [7, 11) is 1.97. The van der Waals surface area contributed by atoms with Crippen LogP contribution >= 0.6 is 24.2 Å². The van der Waals surface area contributed by atoms with E-state index in [1.807, 2.05) is 23.7 Å². The SMILES string of the molecule is CNC1CCCN(C(=O)CCCC[C@@H]2SC[C@@H]3NC(=O)N[C@@H]32)C1.Cl. The summed E-state index contributed by atoms with van der Waals surface area (Å²) in [6.45, 7) is 1.77. The van der Waals surface area contributed by atoms with Crippen molar-refractivity contribution in [2.24, 2.45) is 0 Å². The van der Waals surface area contributed by atoms with Gasteiger partial charge in [-0.05, 0) is 32.7 Å². The van der Waals surface area contributed by atoms with E-state index in [0.29, 0.717) is 29.7 Å². The molecular weight excluding hydrogens is 348 g/mol. The van der Waals surface area contributed by atoms with Crippen molar-refractivity contribution in [1.29, 1.82) is 0 Å². The van der Waals surface area contributed by atoms with Gasteiger partial charge in [-0.2, -0.15) is 11.8 Å². The van der Waals surface area contributed by atoms with Crippen molar-refractivity contribution < 1.29 is 9.59 Å². The average molecular weight is 377 g/mol. The number of amides is 3. The van der Waals surface area contributed by atoms with E-state index in [1.165, 1.54) is 6.42 Å². The van der Waals surface area contributed by atoms with E-state index in [9.17, 15) is 9.59 Å². The van der Waals surface area contributed by atoms with Crippen LogP contribution in [0.1, 0.15) is 38.5 Å². The Bertz CT molecular complexity index is 454. The summed E-state index contributed by atoms with van der Waals surface area (Å²) in [6.07, 6.45) is 6.03. The minimum atomic E-state index is -0.0235. The van der Waals surface area contributed by atoms with Crippen molar-refractivity contribution in [3.8, 4) is 0 Å². The van der Waals surface area contributed by atoms with Crippen LogP contribution in [-0.2, 0) is 4.79 Å². The van der Waals surface area contributed by atoms with Gasteiger partial charge in [0.15, 0.2) is 0 Å². The molecule has 0 spiro atoms. The smallest absolute Gasteiger partial charge is 0.315 e. The van der Waals surface area contributed by atoms with Crippen molar-refractivity contribution in [2.75, 3.05) is 25.9 Å². The van der Waals surface area contributed by atoms with Gasteiger partial charge < -0.3 is 20.9 Å². The molecule has 3 aliphatic heterocycles. The summed E-state index contributed by atoms with van der Waals surface area (Å²) in [5.74, 6) is 1.31. The molecule has 3 heterocycles. The van der Waals surface area contributed by atoms with Gasteiger partial charge in [0.2, 0.25) is 5.91 Å². The second-order valence-electron chi connectivity index (χ2n) is 6.84. The summed E-state index contributed by atoms with van der Waals surface area (Å²) < 4.78 is 0. The van der Waals surface area contributed by atoms with Crippen molar-refractivity contribution in [2.45, 2.75) is 61.9 Å². The van der Waals surface area contributed by atoms with Crippen LogP contribution in [0.4, 0.5) is 4.79 Å². The van der Waals surface area contributed by atoms with Crippen LogP contribution in [-0.4, -0.2) is 66.1 Å². The van der Waals surface area contributed by atoms with Crippen molar-refractivity contribution >= 4 is 36.1 Å². The molecule has 3 fully saturated rings. The summed E-state index contributed by atoms with van der Waals surface area (Å²) in [6, 6.07) is 1.01. The summed E-state index contributed by atoms with van der Waals surface area (Å²) in [4.78, 5) is 25.7. The number of carbonyl (C=O) groups is 2. The molecule has 4 atom stereocenters. The van der Waals surface area contributed by atoms with E-state index in [4.69, 9.17) is 0 Å². The molecule has 0 aliphatic carbocycles. The van der Waals surface area contributed by atoms with E-state index < -0.39 is 0 Å². The van der Waals surface area contributed by atoms with Crippen LogP contribution in [0.25, 0.3) is 0 Å². The number of urea groups is 1. The van der Waals surface area contributed by atoms with E-state index in [2.05, 4.69) is 16.0 Å². The molecule has 24 heavy (non-hydrogen) atoms. The zero-order valence-corrected chi connectivity index (χ0v) is 15.9. The molecule has 138 valence electrons. The lowest BCUT2D eigenvalue weighted by Gasteiger charge is -2.32. The lowest BCUT2D eigenvalue weighted by Crippen LogP contribution is -2.46. The Morgan fingerprint density at radius 1 is 1.38 bits per heavy atom. The average Bonchev–Trinajstić information content (AvgIpc) is 3.11. The second kappa shape index (κ2) is 9.15. The monoisotopic (exact) mass is 376 g/mol. The molecule has 0 saturated carbocycles. The fourth-order valence-corrected chi connectivity index (χ4v) is 5.41. The molecule has 3 saturated heterocycles. The molecule has 1 unspecified atom stereocenters. The Labute approximate surface area is 154 Å². The van der Waals surface area contributed by atoms with Gasteiger partial charge in [-0.15, -0.1) is 12.4 Å². The fourth-order valence-electron chi connectivity index (χ4n) is 3.86. The van der Waals surface area contributed by atoms with Crippen molar-refractivity contribution in [3.05, 3.63) is 0 Å². The molecule has 0 aromatic heterocycles. The third kappa shape index (κ3) is 4.70. The molecule has 8 heteroatoms. The lowest BCUT2D eigenvalue weighted by molar-refractivity contribution is -0.132. The maximum Gasteiger partial charge on any atom is 0.315 e. The third-order valence-corrected chi connectivity index (χ3v) is 6.76. The topological polar surface area (TPSA) is 73.5 Å². The number of hydrogen-bond donors (Lipinski definition) is 3. The Kier molecular flexibility index (Phi) is 7.50. The number of halogens is 1. The Morgan fingerprint density at radius 3 is 3.00 bits per heavy atom. The van der Waals surface area contributed by atoms with Gasteiger partial charge in [0.1, 0.15) is 0 Å². The van der Waals surface area contributed by atoms with Crippen LogP contribution in [0.15, 0.2) is 0 Å². The number of carbonyl (C=O) groups excluding carboxylic acids is 2. The van der Waals surface area contributed by atoms with E-state index >= 15 is 0 Å². The van der Waals surface area contributed by atoms with Gasteiger partial charge in [0.25, 0.3) is 0 Å². The minimum Gasteiger partial charge on any atom is -0.341 e. The molecule has 0 radical (unpaired) electrons. The van der Waals surface area contributed by atoms with Crippen LogP contribution in [0.2, 0.25) is 0 Å². The molecule has 0 aromatic carbocycles. The quantitative estimate of drug-likeness (QED) is 0.483. The number of thioether (sulfide) groups is 1. The maximum atomic E-state index is 12.3. The first-order valence-electron chi connectivity index (χ1n) is 8.81. The highest BCUT2D eigenvalue weighted by Gasteiger charge is 2.42. The van der Waals surface area contributed by atoms with Gasteiger partial charge in [-0.3, -0.25) is 4.79 Å². The van der Waals surface area contributed by atoms with Crippen LogP contribution < -0.4 is 16.0 Å². The number of hydrogen-bond acceptors (Lipinski definition) is 4. The molecule has 6 nitrogen and oxygen atoms in total. The predicted molar refractivity (Wildman–Crippen MR) is 99.9 cm³/mol. The first-order chi connectivity index (χ1) is 11.2. The highest BCUT2D eigenvalue weighted by molar-refractivity contribution is 8.00. The minimum absolute atomic E-state index is 0. The largest absolute Gasteiger partial charge is 0.341 e. The molecule has 3 aliphatic rings. The predicted octanol–water partition coefficient (Wildman–Crippen LogP) is 1.34. The number of nitrogens with one attached hydrogen (secondary N) is 3. The van der Waals surface area contributed by atoms with Gasteiger partial charge in [0.05, 0.1) is 12.1 Å². The number of rotatable bonds is 6. The number of piperidine rings is 1. The number of fused-ring (bicyclic) bond motifs is 1. The van der Waals surface area contributed by atoms with Gasteiger partial charge in [-0.25, -0.2) is 4.79 Å². The highest BCUT2D eigenvalue weighted by atomic mass is 35.5. The zero-order chi connectivity index (χ0) is 16.2. The molecule has 3 rings (SSSR count). The molecule has 3 amide bonds. The van der Waals surface area contributed by atoms with Crippen molar-refractivity contribution in [1.82, 2.24) is 20.9 Å². The number of likely N-dealkylation sites (N-methyl/N-ethyl adjacent to an activating group) is 1. The van der Waals surface area contributed by atoms with Crippen LogP contribution in [0.3, 0.4) is 0 Å². The molecule has 0 bridgehead atoms. The number of likely N-dealkylation sites (tertiary alicyclic amines) is 1. The van der Waals surface area contributed by atoms with E-state index in [-0.39, 0.29) is 24.5 Å². The summed E-state index contributed by atoms with van der Waals surface area (Å²) in [5, 5.41) is 9.77. The Balaban J connectivity index is 0.00000208. The standard InChI is InChI=1S/C16H28N4O2S.ClH/c1-17-11-5-4-8-20(9-11)14(21)7-3-2-6-13-15-12(10-23-13)18-16(22)19-15;/h11-13,15,17H,2-10H2,1H3,(H2,18,19,22);1H/t11?,12-,13-,15-;/m0./s1. The summed E-state index contributed by atoms with van der Waals surface area (Å²) in [5.41, 5.74) is 0. The van der Waals surface area contributed by atoms with Gasteiger partial charge in [0, 0.05) is 36.6 Å². The molecule has 3 N–H and O–H groups in total. The molecular formula is C16H29ClN4O2S. The lowest BCUT2D eigenvalue weighted by atomic mass is 10.0. The summed E-state index contributed by atoms with van der Waals surface area (Å²) >= 11 is 1.95. The molecule has 0 aromatic rings. The first kappa shape index (κ1) is 19.7. The Morgan fingerprint density at radius 2 is 2.21 bits per heavy atom.